The molecule has 0 unspecified atom stereocenters. The van der Waals surface area contributed by atoms with E-state index in [2.05, 4.69) is 40.5 Å². The molecule has 19 heavy (non-hydrogen) atoms. The largest absolute Gasteiger partial charge is 0.315 e. The zero-order valence-corrected chi connectivity index (χ0v) is 11.9. The standard InChI is InChI=1S/C17H26N2/c1-2-7-15(8-3-1)14-19-12-5-4-9-16-10-6-11-18-13-17(16)19/h1-3,7-8,16-18H,4-6,9-14H2/t16-,17-/m1/s1. The number of hydrogen-bond donors (Lipinski definition) is 1. The van der Waals surface area contributed by atoms with Crippen LogP contribution in [0.25, 0.3) is 0 Å². The summed E-state index contributed by atoms with van der Waals surface area (Å²) in [5.41, 5.74) is 1.47. The first kappa shape index (κ1) is 13.1. The lowest BCUT2D eigenvalue weighted by atomic mass is 9.91. The van der Waals surface area contributed by atoms with Crippen LogP contribution >= 0.6 is 0 Å². The van der Waals surface area contributed by atoms with E-state index in [0.717, 1.165) is 18.5 Å². The molecule has 0 spiro atoms. The van der Waals surface area contributed by atoms with E-state index >= 15 is 0 Å². The van der Waals surface area contributed by atoms with Crippen LogP contribution in [0.3, 0.4) is 0 Å². The van der Waals surface area contributed by atoms with Gasteiger partial charge in [-0.25, -0.2) is 0 Å². The topological polar surface area (TPSA) is 15.3 Å². The molecule has 2 nitrogen and oxygen atoms in total. The van der Waals surface area contributed by atoms with Gasteiger partial charge in [0.25, 0.3) is 0 Å². The Hall–Kier alpha value is -0.860. The zero-order valence-electron chi connectivity index (χ0n) is 11.9. The molecule has 0 amide bonds. The Balaban J connectivity index is 1.73. The smallest absolute Gasteiger partial charge is 0.0252 e. The summed E-state index contributed by atoms with van der Waals surface area (Å²) in [6.45, 7) is 4.81. The van der Waals surface area contributed by atoms with Gasteiger partial charge in [-0.15, -0.1) is 0 Å². The fourth-order valence-corrected chi connectivity index (χ4v) is 3.76. The summed E-state index contributed by atoms with van der Waals surface area (Å²) in [4.78, 5) is 2.74. The highest BCUT2D eigenvalue weighted by Gasteiger charge is 2.30. The van der Waals surface area contributed by atoms with Crippen molar-refractivity contribution >= 4 is 0 Å². The van der Waals surface area contributed by atoms with Gasteiger partial charge < -0.3 is 5.32 Å². The number of fused-ring (bicyclic) bond motifs is 1. The monoisotopic (exact) mass is 258 g/mol. The molecule has 0 radical (unpaired) electrons. The first-order valence-electron chi connectivity index (χ1n) is 7.92. The van der Waals surface area contributed by atoms with Crippen molar-refractivity contribution in [1.29, 1.82) is 0 Å². The van der Waals surface area contributed by atoms with Crippen LogP contribution in [-0.2, 0) is 6.54 Å². The summed E-state index contributed by atoms with van der Waals surface area (Å²) >= 11 is 0. The quantitative estimate of drug-likeness (QED) is 0.877. The summed E-state index contributed by atoms with van der Waals surface area (Å²) in [6.07, 6.45) is 7.02. The van der Waals surface area contributed by atoms with Gasteiger partial charge in [0.2, 0.25) is 0 Å². The van der Waals surface area contributed by atoms with E-state index in [4.69, 9.17) is 0 Å². The molecule has 3 rings (SSSR count). The minimum Gasteiger partial charge on any atom is -0.315 e. The minimum atomic E-state index is 0.755. The van der Waals surface area contributed by atoms with Crippen molar-refractivity contribution in [2.24, 2.45) is 5.92 Å². The molecule has 2 heterocycles. The summed E-state index contributed by atoms with van der Waals surface area (Å²) in [5.74, 6) is 0.918. The molecule has 0 aliphatic carbocycles. The van der Waals surface area contributed by atoms with Gasteiger partial charge in [-0.2, -0.15) is 0 Å². The van der Waals surface area contributed by atoms with Gasteiger partial charge in [-0.1, -0.05) is 36.8 Å². The van der Waals surface area contributed by atoms with Gasteiger partial charge in [-0.3, -0.25) is 4.90 Å². The Morgan fingerprint density at radius 2 is 1.89 bits per heavy atom. The van der Waals surface area contributed by atoms with Crippen LogP contribution < -0.4 is 5.32 Å². The molecule has 2 fully saturated rings. The van der Waals surface area contributed by atoms with Crippen LogP contribution in [-0.4, -0.2) is 30.6 Å². The number of likely N-dealkylation sites (tertiary alicyclic amines) is 1. The van der Waals surface area contributed by atoms with Crippen LogP contribution in [0.2, 0.25) is 0 Å². The maximum Gasteiger partial charge on any atom is 0.0252 e. The van der Waals surface area contributed by atoms with Crippen molar-refractivity contribution in [2.75, 3.05) is 19.6 Å². The van der Waals surface area contributed by atoms with Crippen LogP contribution in [0.4, 0.5) is 0 Å². The van der Waals surface area contributed by atoms with Crippen molar-refractivity contribution in [3.8, 4) is 0 Å². The van der Waals surface area contributed by atoms with Gasteiger partial charge in [0.05, 0.1) is 0 Å². The first-order valence-corrected chi connectivity index (χ1v) is 7.92. The van der Waals surface area contributed by atoms with E-state index in [0.29, 0.717) is 0 Å². The summed E-state index contributed by atoms with van der Waals surface area (Å²) in [5, 5.41) is 3.65. The molecule has 2 saturated heterocycles. The predicted octanol–water partition coefficient (Wildman–Crippen LogP) is 3.04. The second kappa shape index (κ2) is 6.53. The van der Waals surface area contributed by atoms with Crippen molar-refractivity contribution in [2.45, 2.75) is 44.7 Å². The molecular weight excluding hydrogens is 232 g/mol. The van der Waals surface area contributed by atoms with E-state index in [1.807, 2.05) is 0 Å². The van der Waals surface area contributed by atoms with E-state index in [-0.39, 0.29) is 0 Å². The Labute approximate surface area is 117 Å². The maximum absolute atomic E-state index is 3.65. The molecule has 104 valence electrons. The van der Waals surface area contributed by atoms with Crippen molar-refractivity contribution < 1.29 is 0 Å². The number of nitrogens with one attached hydrogen (secondary N) is 1. The van der Waals surface area contributed by atoms with Crippen molar-refractivity contribution in [3.63, 3.8) is 0 Å². The van der Waals surface area contributed by atoms with Gasteiger partial charge in [-0.05, 0) is 50.3 Å². The van der Waals surface area contributed by atoms with Crippen molar-refractivity contribution in [1.82, 2.24) is 10.2 Å². The highest BCUT2D eigenvalue weighted by atomic mass is 15.2. The van der Waals surface area contributed by atoms with Gasteiger partial charge >= 0.3 is 0 Å². The van der Waals surface area contributed by atoms with E-state index in [1.165, 1.54) is 57.3 Å². The van der Waals surface area contributed by atoms with Crippen molar-refractivity contribution in [3.05, 3.63) is 35.9 Å². The molecule has 1 aromatic carbocycles. The number of rotatable bonds is 2. The Morgan fingerprint density at radius 1 is 1.05 bits per heavy atom. The highest BCUT2D eigenvalue weighted by Crippen LogP contribution is 2.29. The third-order valence-electron chi connectivity index (χ3n) is 4.79. The average Bonchev–Trinajstić information content (AvgIpc) is 2.77. The van der Waals surface area contributed by atoms with Gasteiger partial charge in [0, 0.05) is 19.1 Å². The molecule has 1 N–H and O–H groups in total. The maximum atomic E-state index is 3.65. The molecule has 2 aliphatic rings. The predicted molar refractivity (Wildman–Crippen MR) is 80.1 cm³/mol. The molecular formula is C17H26N2. The first-order chi connectivity index (χ1) is 9.43. The summed E-state index contributed by atoms with van der Waals surface area (Å²) in [6, 6.07) is 11.7. The van der Waals surface area contributed by atoms with Gasteiger partial charge in [0.15, 0.2) is 0 Å². The summed E-state index contributed by atoms with van der Waals surface area (Å²) < 4.78 is 0. The number of hydrogen-bond acceptors (Lipinski definition) is 2. The molecule has 0 aromatic heterocycles. The molecule has 2 atom stereocenters. The second-order valence-corrected chi connectivity index (χ2v) is 6.13. The van der Waals surface area contributed by atoms with Crippen LogP contribution in [0.15, 0.2) is 30.3 Å². The fraction of sp³-hybridized carbons (Fsp3) is 0.647. The summed E-state index contributed by atoms with van der Waals surface area (Å²) in [7, 11) is 0. The lowest BCUT2D eigenvalue weighted by Gasteiger charge is -2.34. The zero-order chi connectivity index (χ0) is 12.9. The van der Waals surface area contributed by atoms with Gasteiger partial charge in [0.1, 0.15) is 0 Å². The highest BCUT2D eigenvalue weighted by molar-refractivity contribution is 5.14. The Morgan fingerprint density at radius 3 is 2.79 bits per heavy atom. The van der Waals surface area contributed by atoms with E-state index in [1.54, 1.807) is 0 Å². The molecule has 2 aliphatic heterocycles. The van der Waals surface area contributed by atoms with Crippen LogP contribution in [0.1, 0.15) is 37.7 Å². The Bertz CT molecular complexity index is 374. The molecule has 0 bridgehead atoms. The number of benzene rings is 1. The lowest BCUT2D eigenvalue weighted by molar-refractivity contribution is 0.148. The van der Waals surface area contributed by atoms with E-state index < -0.39 is 0 Å². The minimum absolute atomic E-state index is 0.755. The Kier molecular flexibility index (Phi) is 4.52. The third-order valence-corrected chi connectivity index (χ3v) is 4.79. The lowest BCUT2D eigenvalue weighted by Crippen LogP contribution is -2.44. The van der Waals surface area contributed by atoms with E-state index in [9.17, 15) is 0 Å². The average molecular weight is 258 g/mol. The second-order valence-electron chi connectivity index (χ2n) is 6.13. The SMILES string of the molecule is c1ccc(CN2CCCC[C@@H]3CCCNC[C@H]32)cc1. The molecule has 2 heteroatoms. The molecule has 0 saturated carbocycles. The molecule has 1 aromatic rings. The number of nitrogens with zero attached hydrogens (tertiary/aromatic N) is 1. The van der Waals surface area contributed by atoms with Crippen LogP contribution in [0, 0.1) is 5.92 Å². The normalized spacial score (nSPS) is 29.3. The van der Waals surface area contributed by atoms with Crippen LogP contribution in [0.5, 0.6) is 0 Å². The third kappa shape index (κ3) is 3.37. The fourth-order valence-electron chi connectivity index (χ4n) is 3.76.